The Kier molecular flexibility index (Phi) is 6.73. The van der Waals surface area contributed by atoms with Crippen molar-refractivity contribution in [2.75, 3.05) is 6.54 Å². The van der Waals surface area contributed by atoms with Crippen LogP contribution >= 0.6 is 0 Å². The first-order chi connectivity index (χ1) is 9.49. The second-order valence-corrected chi connectivity index (χ2v) is 4.90. The third-order valence-electron chi connectivity index (χ3n) is 2.97. The molecule has 20 heavy (non-hydrogen) atoms. The molecule has 0 aliphatic rings. The van der Waals surface area contributed by atoms with Crippen LogP contribution in [0, 0.1) is 0 Å². The number of benzene rings is 1. The largest absolute Gasteiger partial charge is 0.393 e. The van der Waals surface area contributed by atoms with Gasteiger partial charge in [0, 0.05) is 25.9 Å². The van der Waals surface area contributed by atoms with Crippen molar-refractivity contribution in [3.05, 3.63) is 35.9 Å². The van der Waals surface area contributed by atoms with E-state index in [1.807, 2.05) is 30.3 Å². The smallest absolute Gasteiger partial charge is 0.222 e. The number of primary amides is 1. The van der Waals surface area contributed by atoms with E-state index in [4.69, 9.17) is 5.73 Å². The minimum absolute atomic E-state index is 0.0731. The summed E-state index contributed by atoms with van der Waals surface area (Å²) in [4.78, 5) is 24.6. The molecule has 0 aliphatic heterocycles. The predicted molar refractivity (Wildman–Crippen MR) is 76.6 cm³/mol. The van der Waals surface area contributed by atoms with Gasteiger partial charge in [-0.25, -0.2) is 0 Å². The first kappa shape index (κ1) is 16.2. The van der Waals surface area contributed by atoms with E-state index in [2.05, 4.69) is 0 Å². The van der Waals surface area contributed by atoms with Crippen molar-refractivity contribution < 1.29 is 14.7 Å². The Bertz CT molecular complexity index is 432. The number of nitrogens with zero attached hydrogens (tertiary/aromatic N) is 1. The molecule has 0 fully saturated rings. The van der Waals surface area contributed by atoms with Gasteiger partial charge >= 0.3 is 0 Å². The predicted octanol–water partition coefficient (Wildman–Crippen LogP) is 1.05. The van der Waals surface area contributed by atoms with E-state index in [-0.39, 0.29) is 18.7 Å². The number of aliphatic hydroxyl groups excluding tert-OH is 1. The maximum atomic E-state index is 12.1. The zero-order chi connectivity index (χ0) is 15.0. The van der Waals surface area contributed by atoms with E-state index in [1.165, 1.54) is 0 Å². The lowest BCUT2D eigenvalue weighted by Gasteiger charge is -2.22. The van der Waals surface area contributed by atoms with Gasteiger partial charge in [0.2, 0.25) is 11.8 Å². The Hall–Kier alpha value is -1.88. The summed E-state index contributed by atoms with van der Waals surface area (Å²) in [7, 11) is 0. The molecule has 1 rings (SSSR count). The molecule has 0 spiro atoms. The van der Waals surface area contributed by atoms with Gasteiger partial charge in [-0.15, -0.1) is 0 Å². The Balaban J connectivity index is 2.63. The van der Waals surface area contributed by atoms with Gasteiger partial charge in [-0.3, -0.25) is 9.59 Å². The molecular formula is C15H22N2O3. The fraction of sp³-hybridized carbons (Fsp3) is 0.467. The summed E-state index contributed by atoms with van der Waals surface area (Å²) in [5, 5.41) is 9.25. The lowest BCUT2D eigenvalue weighted by molar-refractivity contribution is -0.132. The zero-order valence-corrected chi connectivity index (χ0v) is 11.8. The van der Waals surface area contributed by atoms with Crippen molar-refractivity contribution in [3.63, 3.8) is 0 Å². The van der Waals surface area contributed by atoms with E-state index < -0.39 is 12.0 Å². The Morgan fingerprint density at radius 1 is 1.25 bits per heavy atom. The van der Waals surface area contributed by atoms with Gasteiger partial charge in [-0.2, -0.15) is 0 Å². The van der Waals surface area contributed by atoms with Gasteiger partial charge in [0.05, 0.1) is 6.10 Å². The molecule has 1 aromatic carbocycles. The number of aliphatic hydroxyl groups is 1. The maximum absolute atomic E-state index is 12.1. The highest BCUT2D eigenvalue weighted by Gasteiger charge is 2.15. The fourth-order valence-corrected chi connectivity index (χ4v) is 1.83. The molecule has 1 aromatic rings. The number of carbonyl (C=O) groups excluding carboxylic acids is 2. The highest BCUT2D eigenvalue weighted by atomic mass is 16.3. The first-order valence-corrected chi connectivity index (χ1v) is 6.77. The van der Waals surface area contributed by atoms with Crippen LogP contribution in [0.25, 0.3) is 0 Å². The molecule has 5 heteroatoms. The normalized spacial score (nSPS) is 11.9. The standard InChI is InChI=1S/C15H22N2O3/c1-12(18)7-8-15(20)17(10-9-14(16)19)11-13-5-3-2-4-6-13/h2-6,12,18H,7-11H2,1H3,(H2,16,19). The van der Waals surface area contributed by atoms with Crippen molar-refractivity contribution in [2.24, 2.45) is 5.73 Å². The Morgan fingerprint density at radius 3 is 2.45 bits per heavy atom. The number of amides is 2. The summed E-state index contributed by atoms with van der Waals surface area (Å²) in [5.74, 6) is -0.498. The van der Waals surface area contributed by atoms with E-state index >= 15 is 0 Å². The van der Waals surface area contributed by atoms with Crippen LogP contribution in [0.15, 0.2) is 30.3 Å². The highest BCUT2D eigenvalue weighted by molar-refractivity contribution is 5.78. The van der Waals surface area contributed by atoms with Crippen LogP contribution < -0.4 is 5.73 Å². The summed E-state index contributed by atoms with van der Waals surface area (Å²) < 4.78 is 0. The summed E-state index contributed by atoms with van der Waals surface area (Å²) in [6.07, 6.45) is 0.325. The molecule has 1 atom stereocenters. The van der Waals surface area contributed by atoms with E-state index in [9.17, 15) is 14.7 Å². The van der Waals surface area contributed by atoms with E-state index in [0.717, 1.165) is 5.56 Å². The quantitative estimate of drug-likeness (QED) is 0.745. The third-order valence-corrected chi connectivity index (χ3v) is 2.97. The molecule has 0 radical (unpaired) electrons. The minimum atomic E-state index is -0.506. The van der Waals surface area contributed by atoms with Gasteiger partial charge < -0.3 is 15.7 Å². The van der Waals surface area contributed by atoms with Crippen LogP contribution in [0.2, 0.25) is 0 Å². The van der Waals surface area contributed by atoms with E-state index in [0.29, 0.717) is 19.5 Å². The molecule has 0 aromatic heterocycles. The number of carbonyl (C=O) groups is 2. The van der Waals surface area contributed by atoms with Crippen LogP contribution in [0.1, 0.15) is 31.7 Å². The van der Waals surface area contributed by atoms with Gasteiger partial charge in [0.1, 0.15) is 0 Å². The van der Waals surface area contributed by atoms with Crippen LogP contribution in [0.3, 0.4) is 0 Å². The average molecular weight is 278 g/mol. The molecule has 0 saturated carbocycles. The molecule has 0 saturated heterocycles. The number of hydrogen-bond donors (Lipinski definition) is 2. The number of nitrogens with two attached hydrogens (primary N) is 1. The summed E-state index contributed by atoms with van der Waals surface area (Å²) in [6.45, 7) is 2.41. The molecule has 0 aliphatic carbocycles. The lowest BCUT2D eigenvalue weighted by Crippen LogP contribution is -2.33. The van der Waals surface area contributed by atoms with Crippen LogP contribution in [0.4, 0.5) is 0 Å². The highest BCUT2D eigenvalue weighted by Crippen LogP contribution is 2.09. The minimum Gasteiger partial charge on any atom is -0.393 e. The molecular weight excluding hydrogens is 256 g/mol. The number of rotatable bonds is 8. The molecule has 1 unspecified atom stereocenters. The molecule has 2 amide bonds. The molecule has 0 heterocycles. The van der Waals surface area contributed by atoms with Crippen LogP contribution in [0.5, 0.6) is 0 Å². The SMILES string of the molecule is CC(O)CCC(=O)N(CCC(N)=O)Cc1ccccc1. The van der Waals surface area contributed by atoms with E-state index in [1.54, 1.807) is 11.8 Å². The van der Waals surface area contributed by atoms with Gasteiger partial charge in [-0.05, 0) is 18.9 Å². The Morgan fingerprint density at radius 2 is 1.90 bits per heavy atom. The average Bonchev–Trinajstić information content (AvgIpc) is 2.41. The topological polar surface area (TPSA) is 83.6 Å². The lowest BCUT2D eigenvalue weighted by atomic mass is 10.1. The summed E-state index contributed by atoms with van der Waals surface area (Å²) in [6, 6.07) is 9.58. The monoisotopic (exact) mass is 278 g/mol. The molecule has 110 valence electrons. The molecule has 5 nitrogen and oxygen atoms in total. The van der Waals surface area contributed by atoms with Gasteiger partial charge in [0.15, 0.2) is 0 Å². The van der Waals surface area contributed by atoms with Crippen molar-refractivity contribution in [1.82, 2.24) is 4.90 Å². The van der Waals surface area contributed by atoms with Crippen molar-refractivity contribution in [3.8, 4) is 0 Å². The second-order valence-electron chi connectivity index (χ2n) is 4.90. The summed E-state index contributed by atoms with van der Waals surface area (Å²) >= 11 is 0. The van der Waals surface area contributed by atoms with Crippen molar-refractivity contribution in [1.29, 1.82) is 0 Å². The molecule has 3 N–H and O–H groups in total. The van der Waals surface area contributed by atoms with Crippen LogP contribution in [-0.4, -0.2) is 34.5 Å². The maximum Gasteiger partial charge on any atom is 0.222 e. The van der Waals surface area contributed by atoms with Crippen molar-refractivity contribution >= 4 is 11.8 Å². The Labute approximate surface area is 119 Å². The fourth-order valence-electron chi connectivity index (χ4n) is 1.83. The first-order valence-electron chi connectivity index (χ1n) is 6.77. The number of hydrogen-bond acceptors (Lipinski definition) is 3. The van der Waals surface area contributed by atoms with Crippen LogP contribution in [-0.2, 0) is 16.1 Å². The second kappa shape index (κ2) is 8.32. The van der Waals surface area contributed by atoms with Gasteiger partial charge in [0.25, 0.3) is 0 Å². The zero-order valence-electron chi connectivity index (χ0n) is 11.8. The molecule has 0 bridgehead atoms. The van der Waals surface area contributed by atoms with Crippen molar-refractivity contribution in [2.45, 2.75) is 38.8 Å². The van der Waals surface area contributed by atoms with Gasteiger partial charge in [-0.1, -0.05) is 30.3 Å². The third kappa shape index (κ3) is 6.33. The summed E-state index contributed by atoms with van der Waals surface area (Å²) in [5.41, 5.74) is 6.14.